The number of methoxy groups -OCH3 is 1. The molecule has 2 aromatic heterocycles. The Morgan fingerprint density at radius 1 is 1.31 bits per heavy atom. The number of aromatic nitrogens is 2. The van der Waals surface area contributed by atoms with Gasteiger partial charge in [-0.15, -0.1) is 0 Å². The van der Waals surface area contributed by atoms with Crippen LogP contribution in [0.3, 0.4) is 0 Å². The van der Waals surface area contributed by atoms with Gasteiger partial charge in [0.15, 0.2) is 5.76 Å². The van der Waals surface area contributed by atoms with Crippen LogP contribution >= 0.6 is 11.6 Å². The van der Waals surface area contributed by atoms with Crippen LogP contribution in [0.25, 0.3) is 0 Å². The molecule has 8 heteroatoms. The van der Waals surface area contributed by atoms with E-state index in [1.807, 2.05) is 18.2 Å². The summed E-state index contributed by atoms with van der Waals surface area (Å²) >= 11 is 6.02. The molecule has 1 aromatic carbocycles. The highest BCUT2D eigenvalue weighted by Crippen LogP contribution is 2.20. The maximum Gasteiger partial charge on any atom is 0.287 e. The molecule has 136 valence electrons. The van der Waals surface area contributed by atoms with Crippen LogP contribution in [0.5, 0.6) is 11.5 Å². The van der Waals surface area contributed by atoms with E-state index in [9.17, 15) is 4.79 Å². The topological polar surface area (TPSA) is 78.5 Å². The van der Waals surface area contributed by atoms with Crippen LogP contribution in [-0.2, 0) is 20.2 Å². The van der Waals surface area contributed by atoms with Gasteiger partial charge in [0.25, 0.3) is 5.91 Å². The molecule has 0 unspecified atom stereocenters. The molecule has 1 amide bonds. The van der Waals surface area contributed by atoms with Crippen molar-refractivity contribution >= 4 is 17.5 Å². The van der Waals surface area contributed by atoms with Crippen LogP contribution in [0, 0.1) is 0 Å². The van der Waals surface area contributed by atoms with Gasteiger partial charge in [0.2, 0.25) is 0 Å². The molecule has 3 rings (SSSR count). The fraction of sp³-hybridized carbons (Fsp3) is 0.222. The standard InChI is InChI=1S/C18H18ClN3O4/c1-22-16(15(19)9-21-22)10-20-18(23)17-7-6-14(26-17)11-25-13-5-3-4-12(8-13)24-2/h3-9H,10-11H2,1-2H3,(H,20,23). The van der Waals surface area contributed by atoms with E-state index in [4.69, 9.17) is 25.5 Å². The van der Waals surface area contributed by atoms with Crippen molar-refractivity contribution in [2.75, 3.05) is 7.11 Å². The van der Waals surface area contributed by atoms with E-state index < -0.39 is 0 Å². The Morgan fingerprint density at radius 2 is 2.12 bits per heavy atom. The van der Waals surface area contributed by atoms with E-state index in [2.05, 4.69) is 10.4 Å². The molecule has 0 aliphatic rings. The highest BCUT2D eigenvalue weighted by Gasteiger charge is 2.13. The van der Waals surface area contributed by atoms with E-state index in [-0.39, 0.29) is 24.8 Å². The highest BCUT2D eigenvalue weighted by molar-refractivity contribution is 6.31. The number of aryl methyl sites for hydroxylation is 1. The summed E-state index contributed by atoms with van der Waals surface area (Å²) in [6.07, 6.45) is 1.53. The highest BCUT2D eigenvalue weighted by atomic mass is 35.5. The molecule has 0 atom stereocenters. The summed E-state index contributed by atoms with van der Waals surface area (Å²) in [4.78, 5) is 12.2. The van der Waals surface area contributed by atoms with Crippen molar-refractivity contribution in [3.8, 4) is 11.5 Å². The smallest absolute Gasteiger partial charge is 0.287 e. The Kier molecular flexibility index (Phi) is 5.48. The number of furan rings is 1. The Labute approximate surface area is 155 Å². The third-order valence-electron chi connectivity index (χ3n) is 3.73. The van der Waals surface area contributed by atoms with Gasteiger partial charge < -0.3 is 19.2 Å². The first-order chi connectivity index (χ1) is 12.6. The molecular formula is C18H18ClN3O4. The molecule has 0 saturated heterocycles. The SMILES string of the molecule is COc1cccc(OCc2ccc(C(=O)NCc3c(Cl)cnn3C)o2)c1. The summed E-state index contributed by atoms with van der Waals surface area (Å²) < 4.78 is 17.9. The third-order valence-corrected chi connectivity index (χ3v) is 4.05. The molecule has 0 radical (unpaired) electrons. The molecule has 1 N–H and O–H groups in total. The van der Waals surface area contributed by atoms with Gasteiger partial charge in [-0.05, 0) is 24.3 Å². The lowest BCUT2D eigenvalue weighted by Crippen LogP contribution is -2.23. The van der Waals surface area contributed by atoms with Gasteiger partial charge in [-0.2, -0.15) is 5.10 Å². The molecule has 3 aromatic rings. The van der Waals surface area contributed by atoms with E-state index in [1.54, 1.807) is 37.0 Å². The van der Waals surface area contributed by atoms with Crippen LogP contribution < -0.4 is 14.8 Å². The summed E-state index contributed by atoms with van der Waals surface area (Å²) in [7, 11) is 3.35. The first-order valence-corrected chi connectivity index (χ1v) is 8.24. The van der Waals surface area contributed by atoms with Gasteiger partial charge in [-0.1, -0.05) is 17.7 Å². The Balaban J connectivity index is 1.56. The number of hydrogen-bond acceptors (Lipinski definition) is 5. The van der Waals surface area contributed by atoms with E-state index in [0.29, 0.717) is 28.0 Å². The van der Waals surface area contributed by atoms with Crippen molar-refractivity contribution in [1.82, 2.24) is 15.1 Å². The van der Waals surface area contributed by atoms with Crippen molar-refractivity contribution in [3.05, 3.63) is 64.8 Å². The lowest BCUT2D eigenvalue weighted by Gasteiger charge is -2.06. The monoisotopic (exact) mass is 375 g/mol. The van der Waals surface area contributed by atoms with Gasteiger partial charge in [0.1, 0.15) is 23.9 Å². The Bertz CT molecular complexity index is 884. The van der Waals surface area contributed by atoms with Gasteiger partial charge in [-0.3, -0.25) is 9.48 Å². The minimum atomic E-state index is -0.338. The fourth-order valence-corrected chi connectivity index (χ4v) is 2.54. The molecule has 0 aliphatic carbocycles. The van der Waals surface area contributed by atoms with Crippen molar-refractivity contribution in [1.29, 1.82) is 0 Å². The zero-order valence-corrected chi connectivity index (χ0v) is 15.1. The van der Waals surface area contributed by atoms with E-state index >= 15 is 0 Å². The number of nitrogens with zero attached hydrogens (tertiary/aromatic N) is 2. The number of rotatable bonds is 7. The predicted molar refractivity (Wildman–Crippen MR) is 95.4 cm³/mol. The van der Waals surface area contributed by atoms with Gasteiger partial charge in [0, 0.05) is 13.1 Å². The molecule has 0 saturated carbocycles. The second-order valence-electron chi connectivity index (χ2n) is 5.48. The summed E-state index contributed by atoms with van der Waals surface area (Å²) in [6, 6.07) is 10.6. The number of amides is 1. The average Bonchev–Trinajstić information content (AvgIpc) is 3.25. The van der Waals surface area contributed by atoms with Crippen molar-refractivity contribution in [2.24, 2.45) is 7.05 Å². The Hall–Kier alpha value is -2.93. The number of halogens is 1. The number of benzene rings is 1. The quantitative estimate of drug-likeness (QED) is 0.686. The van der Waals surface area contributed by atoms with Crippen LogP contribution in [0.2, 0.25) is 5.02 Å². The van der Waals surface area contributed by atoms with Crippen LogP contribution in [-0.4, -0.2) is 22.8 Å². The number of carbonyl (C=O) groups excluding carboxylic acids is 1. The van der Waals surface area contributed by atoms with Gasteiger partial charge >= 0.3 is 0 Å². The van der Waals surface area contributed by atoms with E-state index in [0.717, 1.165) is 0 Å². The second-order valence-corrected chi connectivity index (χ2v) is 5.89. The second kappa shape index (κ2) is 7.97. The van der Waals surface area contributed by atoms with Crippen molar-refractivity contribution < 1.29 is 18.7 Å². The molecule has 0 bridgehead atoms. The average molecular weight is 376 g/mol. The van der Waals surface area contributed by atoms with Gasteiger partial charge in [-0.25, -0.2) is 0 Å². The third kappa shape index (κ3) is 4.18. The zero-order valence-electron chi connectivity index (χ0n) is 14.4. The maximum absolute atomic E-state index is 12.2. The number of ether oxygens (including phenoxy) is 2. The van der Waals surface area contributed by atoms with Crippen molar-refractivity contribution in [2.45, 2.75) is 13.2 Å². The van der Waals surface area contributed by atoms with E-state index in [1.165, 1.54) is 6.20 Å². The van der Waals surface area contributed by atoms with Crippen LogP contribution in [0.15, 0.2) is 47.0 Å². The summed E-state index contributed by atoms with van der Waals surface area (Å²) in [6.45, 7) is 0.457. The first kappa shape index (κ1) is 17.9. The molecule has 26 heavy (non-hydrogen) atoms. The largest absolute Gasteiger partial charge is 0.497 e. The summed E-state index contributed by atoms with van der Waals surface area (Å²) in [5, 5.41) is 7.27. The Morgan fingerprint density at radius 3 is 2.85 bits per heavy atom. The van der Waals surface area contributed by atoms with Crippen LogP contribution in [0.4, 0.5) is 0 Å². The number of nitrogens with one attached hydrogen (secondary N) is 1. The summed E-state index contributed by atoms with van der Waals surface area (Å²) in [5.41, 5.74) is 0.716. The molecule has 2 heterocycles. The molecular weight excluding hydrogens is 358 g/mol. The number of hydrogen-bond donors (Lipinski definition) is 1. The van der Waals surface area contributed by atoms with Gasteiger partial charge in [0.05, 0.1) is 30.6 Å². The first-order valence-electron chi connectivity index (χ1n) is 7.87. The lowest BCUT2D eigenvalue weighted by molar-refractivity contribution is 0.0918. The minimum absolute atomic E-state index is 0.201. The molecule has 7 nitrogen and oxygen atoms in total. The molecule has 0 fully saturated rings. The normalized spacial score (nSPS) is 10.6. The predicted octanol–water partition coefficient (Wildman–Crippen LogP) is 3.18. The summed E-state index contributed by atoms with van der Waals surface area (Å²) in [5.74, 6) is 1.76. The van der Waals surface area contributed by atoms with Crippen molar-refractivity contribution in [3.63, 3.8) is 0 Å². The number of carbonyl (C=O) groups is 1. The minimum Gasteiger partial charge on any atom is -0.497 e. The maximum atomic E-state index is 12.2. The molecule has 0 spiro atoms. The molecule has 0 aliphatic heterocycles. The fourth-order valence-electron chi connectivity index (χ4n) is 2.31. The lowest BCUT2D eigenvalue weighted by atomic mass is 10.3. The van der Waals surface area contributed by atoms with Crippen LogP contribution in [0.1, 0.15) is 22.0 Å². The zero-order chi connectivity index (χ0) is 18.5.